The minimum absolute atomic E-state index is 0.0375. The van der Waals surface area contributed by atoms with Crippen molar-refractivity contribution in [3.63, 3.8) is 0 Å². The van der Waals surface area contributed by atoms with Gasteiger partial charge in [-0.05, 0) is 48.4 Å². The molecule has 2 atom stereocenters. The van der Waals surface area contributed by atoms with E-state index in [-0.39, 0.29) is 5.92 Å². The second kappa shape index (κ2) is 10.3. The van der Waals surface area contributed by atoms with Crippen molar-refractivity contribution < 1.29 is 28.9 Å². The zero-order chi connectivity index (χ0) is 24.2. The third-order valence-corrected chi connectivity index (χ3v) is 6.53. The Hall–Kier alpha value is -3.06. The number of aliphatic carboxylic acids is 1. The molecule has 3 aromatic rings. The largest absolute Gasteiger partial charge is 0.481 e. The van der Waals surface area contributed by atoms with Crippen molar-refractivity contribution in [3.8, 4) is 16.9 Å². The molecule has 9 heteroatoms. The molecule has 33 heavy (non-hydrogen) atoms. The van der Waals surface area contributed by atoms with Crippen molar-refractivity contribution >= 4 is 19.4 Å². The van der Waals surface area contributed by atoms with E-state index < -0.39 is 37.8 Å². The van der Waals surface area contributed by atoms with E-state index in [9.17, 15) is 23.7 Å². The first-order valence-electron chi connectivity index (χ1n) is 10.4. The van der Waals surface area contributed by atoms with E-state index in [0.717, 1.165) is 11.5 Å². The number of aliphatic hydroxyl groups excluding tert-OH is 1. The second-order valence-corrected chi connectivity index (χ2v) is 10.2. The lowest BCUT2D eigenvalue weighted by Gasteiger charge is -2.12. The van der Waals surface area contributed by atoms with Crippen LogP contribution in [0.5, 0.6) is 0 Å². The standard InChI is InChI=1S/C24H26FN2O5P/c1-16(2)23-21(12-13-33(31,32)15-20(28)14-22(29)30)24(17-8-10-18(25)11-9-17)27(26-23)19-6-4-3-5-7-19/h3-13,16,20,28H,14-15H2,1-2H3,(H,29,30)(H,31,32)/b13-12+. The van der Waals surface area contributed by atoms with Gasteiger partial charge in [-0.1, -0.05) is 32.0 Å². The van der Waals surface area contributed by atoms with Crippen molar-refractivity contribution in [2.45, 2.75) is 32.3 Å². The van der Waals surface area contributed by atoms with Crippen LogP contribution in [-0.2, 0) is 9.36 Å². The van der Waals surface area contributed by atoms with Gasteiger partial charge in [0.25, 0.3) is 0 Å². The summed E-state index contributed by atoms with van der Waals surface area (Å²) in [5.74, 6) is -0.581. The van der Waals surface area contributed by atoms with Gasteiger partial charge in [-0.25, -0.2) is 9.07 Å². The third-order valence-electron chi connectivity index (χ3n) is 4.97. The zero-order valence-electron chi connectivity index (χ0n) is 18.3. The Morgan fingerprint density at radius 2 is 1.79 bits per heavy atom. The molecule has 2 unspecified atom stereocenters. The number of rotatable bonds is 9. The van der Waals surface area contributed by atoms with Gasteiger partial charge in [0.1, 0.15) is 5.82 Å². The smallest absolute Gasteiger partial charge is 0.305 e. The van der Waals surface area contributed by atoms with Crippen molar-refractivity contribution in [2.75, 3.05) is 6.16 Å². The van der Waals surface area contributed by atoms with E-state index in [1.807, 2.05) is 44.2 Å². The molecule has 2 aromatic carbocycles. The van der Waals surface area contributed by atoms with E-state index in [0.29, 0.717) is 22.5 Å². The molecule has 0 radical (unpaired) electrons. The number of hydrogen-bond acceptors (Lipinski definition) is 4. The lowest BCUT2D eigenvalue weighted by atomic mass is 10.00. The van der Waals surface area contributed by atoms with Crippen LogP contribution in [0.2, 0.25) is 0 Å². The molecular weight excluding hydrogens is 446 g/mol. The first-order valence-corrected chi connectivity index (χ1v) is 12.3. The highest BCUT2D eigenvalue weighted by Crippen LogP contribution is 2.45. The molecule has 0 aliphatic rings. The van der Waals surface area contributed by atoms with Crippen LogP contribution in [0.3, 0.4) is 0 Å². The van der Waals surface area contributed by atoms with Crippen LogP contribution in [0.15, 0.2) is 60.4 Å². The molecule has 3 rings (SSSR count). The molecule has 0 saturated heterocycles. The van der Waals surface area contributed by atoms with Crippen LogP contribution in [0, 0.1) is 5.82 Å². The summed E-state index contributed by atoms with van der Waals surface area (Å²) < 4.78 is 28.0. The first-order chi connectivity index (χ1) is 15.6. The summed E-state index contributed by atoms with van der Waals surface area (Å²) in [5, 5.41) is 23.4. The molecule has 3 N–H and O–H groups in total. The zero-order valence-corrected chi connectivity index (χ0v) is 19.2. The average molecular weight is 472 g/mol. The molecule has 7 nitrogen and oxygen atoms in total. The van der Waals surface area contributed by atoms with Crippen LogP contribution >= 0.6 is 7.37 Å². The van der Waals surface area contributed by atoms with Crippen molar-refractivity contribution in [1.29, 1.82) is 0 Å². The number of aliphatic hydroxyl groups is 1. The van der Waals surface area contributed by atoms with Gasteiger partial charge >= 0.3 is 5.97 Å². The van der Waals surface area contributed by atoms with Crippen LogP contribution < -0.4 is 0 Å². The molecule has 1 aromatic heterocycles. The molecular formula is C24H26FN2O5P. The maximum Gasteiger partial charge on any atom is 0.305 e. The number of halogens is 1. The maximum absolute atomic E-state index is 13.6. The highest BCUT2D eigenvalue weighted by molar-refractivity contribution is 7.61. The van der Waals surface area contributed by atoms with E-state index in [2.05, 4.69) is 0 Å². The molecule has 0 aliphatic heterocycles. The third kappa shape index (κ3) is 6.26. The number of carboxylic acid groups (broad SMARTS) is 1. The fourth-order valence-corrected chi connectivity index (χ4v) is 4.74. The lowest BCUT2D eigenvalue weighted by Crippen LogP contribution is -2.16. The summed E-state index contributed by atoms with van der Waals surface area (Å²) in [7, 11) is -3.99. The van der Waals surface area contributed by atoms with Gasteiger partial charge in [0.15, 0.2) is 0 Å². The normalized spacial score (nSPS) is 14.5. The number of para-hydroxylation sites is 1. The van der Waals surface area contributed by atoms with E-state index >= 15 is 0 Å². The Labute approximate surface area is 191 Å². The summed E-state index contributed by atoms with van der Waals surface area (Å²) in [6, 6.07) is 15.2. The van der Waals surface area contributed by atoms with Gasteiger partial charge in [0.2, 0.25) is 7.37 Å². The topological polar surface area (TPSA) is 113 Å². The summed E-state index contributed by atoms with van der Waals surface area (Å²) in [6.45, 7) is 3.89. The summed E-state index contributed by atoms with van der Waals surface area (Å²) >= 11 is 0. The van der Waals surface area contributed by atoms with Crippen molar-refractivity contribution in [3.05, 3.63) is 77.5 Å². The van der Waals surface area contributed by atoms with E-state index in [4.69, 9.17) is 10.2 Å². The van der Waals surface area contributed by atoms with Gasteiger partial charge < -0.3 is 15.1 Å². The fourth-order valence-electron chi connectivity index (χ4n) is 3.50. The second-order valence-electron chi connectivity index (χ2n) is 8.06. The van der Waals surface area contributed by atoms with Gasteiger partial charge in [-0.15, -0.1) is 0 Å². The molecule has 174 valence electrons. The highest BCUT2D eigenvalue weighted by atomic mass is 31.2. The number of aromatic nitrogens is 2. The van der Waals surface area contributed by atoms with Crippen LogP contribution in [0.1, 0.15) is 37.4 Å². The van der Waals surface area contributed by atoms with Gasteiger partial charge in [-0.2, -0.15) is 5.10 Å². The van der Waals surface area contributed by atoms with E-state index in [1.54, 1.807) is 16.8 Å². The maximum atomic E-state index is 13.6. The minimum Gasteiger partial charge on any atom is -0.481 e. The monoisotopic (exact) mass is 472 g/mol. The predicted molar refractivity (Wildman–Crippen MR) is 125 cm³/mol. The Morgan fingerprint density at radius 1 is 1.15 bits per heavy atom. The fraction of sp³-hybridized carbons (Fsp3) is 0.250. The lowest BCUT2D eigenvalue weighted by molar-refractivity contribution is -0.138. The van der Waals surface area contributed by atoms with Gasteiger partial charge in [0, 0.05) is 16.9 Å². The summed E-state index contributed by atoms with van der Waals surface area (Å²) in [4.78, 5) is 21.1. The Bertz CT molecular complexity index is 1190. The molecule has 0 amide bonds. The molecule has 0 aliphatic carbocycles. The number of hydrogen-bond donors (Lipinski definition) is 3. The SMILES string of the molecule is CC(C)c1nn(-c2ccccc2)c(-c2ccc(F)cc2)c1/C=C/P(=O)(O)CC(O)CC(=O)O. The molecule has 0 saturated carbocycles. The predicted octanol–water partition coefficient (Wildman–Crippen LogP) is 4.88. The number of carbonyl (C=O) groups is 1. The van der Waals surface area contributed by atoms with E-state index in [1.165, 1.54) is 18.2 Å². The Morgan fingerprint density at radius 3 is 2.36 bits per heavy atom. The molecule has 1 heterocycles. The van der Waals surface area contributed by atoms with Crippen LogP contribution in [-0.4, -0.2) is 43.1 Å². The number of benzene rings is 2. The molecule has 0 bridgehead atoms. The summed E-state index contributed by atoms with van der Waals surface area (Å²) in [6.07, 6.45) is -1.17. The van der Waals surface area contributed by atoms with Crippen molar-refractivity contribution in [2.24, 2.45) is 0 Å². The van der Waals surface area contributed by atoms with Gasteiger partial charge in [-0.3, -0.25) is 9.36 Å². The highest BCUT2D eigenvalue weighted by Gasteiger charge is 2.25. The average Bonchev–Trinajstić information content (AvgIpc) is 3.12. The minimum atomic E-state index is -3.99. The van der Waals surface area contributed by atoms with Gasteiger partial charge in [0.05, 0.1) is 35.8 Å². The number of nitrogens with zero attached hydrogens (tertiary/aromatic N) is 2. The Balaban J connectivity index is 2.14. The van der Waals surface area contributed by atoms with Crippen molar-refractivity contribution in [1.82, 2.24) is 9.78 Å². The Kier molecular flexibility index (Phi) is 7.64. The quantitative estimate of drug-likeness (QED) is 0.383. The summed E-state index contributed by atoms with van der Waals surface area (Å²) in [5.41, 5.74) is 3.30. The molecule has 0 spiro atoms. The number of carboxylic acids is 1. The first kappa shape index (κ1) is 24.6. The van der Waals surface area contributed by atoms with Crippen LogP contribution in [0.4, 0.5) is 4.39 Å². The molecule has 0 fully saturated rings. The van der Waals surface area contributed by atoms with Crippen LogP contribution in [0.25, 0.3) is 23.0 Å².